The summed E-state index contributed by atoms with van der Waals surface area (Å²) in [4.78, 5) is 0.335. The third-order valence-corrected chi connectivity index (χ3v) is 4.54. The van der Waals surface area contributed by atoms with E-state index < -0.39 is 9.84 Å². The van der Waals surface area contributed by atoms with E-state index in [1.165, 1.54) is 6.26 Å². The Morgan fingerprint density at radius 3 is 2.57 bits per heavy atom. The third-order valence-electron chi connectivity index (χ3n) is 3.39. The highest BCUT2D eigenvalue weighted by molar-refractivity contribution is 7.90. The van der Waals surface area contributed by atoms with Crippen LogP contribution in [0.2, 0.25) is 0 Å². The lowest BCUT2D eigenvalue weighted by Crippen LogP contribution is -2.08. The van der Waals surface area contributed by atoms with Crippen LogP contribution in [-0.4, -0.2) is 26.4 Å². The number of aryl methyl sites for hydroxylation is 2. The summed E-state index contributed by atoms with van der Waals surface area (Å²) in [5, 5.41) is 7.12. The summed E-state index contributed by atoms with van der Waals surface area (Å²) < 4.78 is 28.5. The monoisotopic (exact) mass is 308 g/mol. The second-order valence-electron chi connectivity index (χ2n) is 5.10. The maximum atomic E-state index is 11.7. The third kappa shape index (κ3) is 3.85. The number of para-hydroxylation sites is 1. The highest BCUT2D eigenvalue weighted by Crippen LogP contribution is 2.21. The molecule has 2 aromatic rings. The van der Waals surface area contributed by atoms with Crippen molar-refractivity contribution in [1.29, 1.82) is 0 Å². The zero-order valence-electron chi connectivity index (χ0n) is 12.5. The van der Waals surface area contributed by atoms with Gasteiger partial charge in [-0.3, -0.25) is 0 Å². The van der Waals surface area contributed by atoms with E-state index in [4.69, 9.17) is 4.52 Å². The van der Waals surface area contributed by atoms with Crippen molar-refractivity contribution in [3.8, 4) is 0 Å². The van der Waals surface area contributed by atoms with Crippen molar-refractivity contribution in [1.82, 2.24) is 5.16 Å². The van der Waals surface area contributed by atoms with Crippen molar-refractivity contribution in [3.05, 3.63) is 41.3 Å². The van der Waals surface area contributed by atoms with E-state index in [0.717, 1.165) is 29.9 Å². The molecule has 0 fully saturated rings. The van der Waals surface area contributed by atoms with Crippen LogP contribution in [0.3, 0.4) is 0 Å². The van der Waals surface area contributed by atoms with Crippen LogP contribution in [-0.2, 0) is 16.3 Å². The quantitative estimate of drug-likeness (QED) is 0.831. The molecule has 114 valence electrons. The number of hydrogen-bond acceptors (Lipinski definition) is 5. The minimum Gasteiger partial charge on any atom is -0.384 e. The number of nitrogens with zero attached hydrogens (tertiary/aromatic N) is 1. The summed E-state index contributed by atoms with van der Waals surface area (Å²) in [6, 6.07) is 6.95. The number of benzene rings is 1. The Bertz CT molecular complexity index is 701. The van der Waals surface area contributed by atoms with Crippen LogP contribution in [0.25, 0.3) is 0 Å². The highest BCUT2D eigenvalue weighted by atomic mass is 32.2. The van der Waals surface area contributed by atoms with Crippen molar-refractivity contribution in [2.45, 2.75) is 31.6 Å². The van der Waals surface area contributed by atoms with E-state index in [1.54, 1.807) is 18.2 Å². The summed E-state index contributed by atoms with van der Waals surface area (Å²) in [6.45, 7) is 4.52. The Morgan fingerprint density at radius 2 is 1.95 bits per heavy atom. The van der Waals surface area contributed by atoms with Crippen molar-refractivity contribution in [2.75, 3.05) is 18.1 Å². The first kappa shape index (κ1) is 15.6. The predicted octanol–water partition coefficient (Wildman–Crippen LogP) is 2.74. The van der Waals surface area contributed by atoms with Crippen LogP contribution < -0.4 is 5.32 Å². The molecule has 0 unspecified atom stereocenters. The van der Waals surface area contributed by atoms with Gasteiger partial charge in [0.25, 0.3) is 0 Å². The second-order valence-corrected chi connectivity index (χ2v) is 7.09. The standard InChI is InChI=1S/C15H20N2O3S/c1-11-13(12(2)20-17-11)7-6-10-16-14-8-4-5-9-15(14)21(3,18)19/h4-5,8-9,16H,6-7,10H2,1-3H3. The van der Waals surface area contributed by atoms with Gasteiger partial charge in [0.15, 0.2) is 9.84 Å². The number of nitrogens with one attached hydrogen (secondary N) is 1. The van der Waals surface area contributed by atoms with Crippen LogP contribution in [0, 0.1) is 13.8 Å². The van der Waals surface area contributed by atoms with Gasteiger partial charge in [-0.2, -0.15) is 0 Å². The van der Waals surface area contributed by atoms with Gasteiger partial charge >= 0.3 is 0 Å². The van der Waals surface area contributed by atoms with Crippen molar-refractivity contribution in [2.24, 2.45) is 0 Å². The topological polar surface area (TPSA) is 72.2 Å². The summed E-state index contributed by atoms with van der Waals surface area (Å²) in [5.74, 6) is 0.851. The Hall–Kier alpha value is -1.82. The molecule has 6 heteroatoms. The average molecular weight is 308 g/mol. The van der Waals surface area contributed by atoms with Gasteiger partial charge in [0, 0.05) is 18.4 Å². The zero-order chi connectivity index (χ0) is 15.5. The molecule has 0 atom stereocenters. The number of hydrogen-bond donors (Lipinski definition) is 1. The predicted molar refractivity (Wildman–Crippen MR) is 82.3 cm³/mol. The maximum absolute atomic E-state index is 11.7. The van der Waals surface area contributed by atoms with Crippen molar-refractivity contribution in [3.63, 3.8) is 0 Å². The molecule has 0 amide bonds. The molecule has 0 saturated carbocycles. The fourth-order valence-corrected chi connectivity index (χ4v) is 3.15. The fourth-order valence-electron chi connectivity index (χ4n) is 2.28. The summed E-state index contributed by atoms with van der Waals surface area (Å²) in [6.07, 6.45) is 2.95. The molecule has 0 aliphatic heterocycles. The van der Waals surface area contributed by atoms with Crippen LogP contribution >= 0.6 is 0 Å². The lowest BCUT2D eigenvalue weighted by atomic mass is 10.1. The van der Waals surface area contributed by atoms with E-state index in [9.17, 15) is 8.42 Å². The van der Waals surface area contributed by atoms with E-state index in [1.807, 2.05) is 19.9 Å². The van der Waals surface area contributed by atoms with Gasteiger partial charge in [0.2, 0.25) is 0 Å². The van der Waals surface area contributed by atoms with E-state index in [2.05, 4.69) is 10.5 Å². The molecule has 0 saturated heterocycles. The molecular weight excluding hydrogens is 288 g/mol. The molecule has 1 N–H and O–H groups in total. The maximum Gasteiger partial charge on any atom is 0.177 e. The lowest BCUT2D eigenvalue weighted by Gasteiger charge is -2.10. The molecule has 2 rings (SSSR count). The van der Waals surface area contributed by atoms with Gasteiger partial charge in [-0.1, -0.05) is 17.3 Å². The van der Waals surface area contributed by atoms with E-state index in [0.29, 0.717) is 17.1 Å². The number of sulfone groups is 1. The van der Waals surface area contributed by atoms with Crippen LogP contribution in [0.1, 0.15) is 23.4 Å². The van der Waals surface area contributed by atoms with Crippen molar-refractivity contribution >= 4 is 15.5 Å². The van der Waals surface area contributed by atoms with Gasteiger partial charge < -0.3 is 9.84 Å². The summed E-state index contributed by atoms with van der Waals surface area (Å²) in [7, 11) is -3.21. The van der Waals surface area contributed by atoms with Gasteiger partial charge in [-0.05, 0) is 38.8 Å². The number of anilines is 1. The minimum absolute atomic E-state index is 0.335. The van der Waals surface area contributed by atoms with Gasteiger partial charge in [0.1, 0.15) is 5.76 Å². The first-order valence-corrected chi connectivity index (χ1v) is 8.73. The van der Waals surface area contributed by atoms with Crippen LogP contribution in [0.4, 0.5) is 5.69 Å². The Morgan fingerprint density at radius 1 is 1.24 bits per heavy atom. The Kier molecular flexibility index (Phi) is 4.67. The summed E-state index contributed by atoms with van der Waals surface area (Å²) >= 11 is 0. The largest absolute Gasteiger partial charge is 0.384 e. The van der Waals surface area contributed by atoms with E-state index in [-0.39, 0.29) is 0 Å². The van der Waals surface area contributed by atoms with Gasteiger partial charge in [0.05, 0.1) is 16.3 Å². The number of rotatable bonds is 6. The molecule has 0 radical (unpaired) electrons. The summed E-state index contributed by atoms with van der Waals surface area (Å²) in [5.41, 5.74) is 2.70. The molecular formula is C15H20N2O3S. The number of aromatic nitrogens is 1. The van der Waals surface area contributed by atoms with Crippen LogP contribution in [0.5, 0.6) is 0 Å². The fraction of sp³-hybridized carbons (Fsp3) is 0.400. The lowest BCUT2D eigenvalue weighted by molar-refractivity contribution is 0.392. The average Bonchev–Trinajstić information content (AvgIpc) is 2.74. The Balaban J connectivity index is 1.96. The minimum atomic E-state index is -3.21. The second kappa shape index (κ2) is 6.30. The molecule has 0 spiro atoms. The first-order chi connectivity index (χ1) is 9.89. The normalized spacial score (nSPS) is 11.6. The van der Waals surface area contributed by atoms with Gasteiger partial charge in [-0.15, -0.1) is 0 Å². The molecule has 0 aliphatic rings. The molecule has 0 bridgehead atoms. The Labute approximate surface area is 125 Å². The molecule has 0 aliphatic carbocycles. The SMILES string of the molecule is Cc1noc(C)c1CCCNc1ccccc1S(C)(=O)=O. The van der Waals surface area contributed by atoms with Gasteiger partial charge in [-0.25, -0.2) is 8.42 Å². The van der Waals surface area contributed by atoms with Crippen molar-refractivity contribution < 1.29 is 12.9 Å². The highest BCUT2D eigenvalue weighted by Gasteiger charge is 2.12. The van der Waals surface area contributed by atoms with E-state index >= 15 is 0 Å². The van der Waals surface area contributed by atoms with Crippen LogP contribution in [0.15, 0.2) is 33.7 Å². The molecule has 1 aromatic heterocycles. The first-order valence-electron chi connectivity index (χ1n) is 6.84. The molecule has 5 nitrogen and oxygen atoms in total. The zero-order valence-corrected chi connectivity index (χ0v) is 13.3. The smallest absolute Gasteiger partial charge is 0.177 e. The molecule has 1 heterocycles. The molecule has 1 aromatic carbocycles. The molecule has 21 heavy (non-hydrogen) atoms.